The Morgan fingerprint density at radius 1 is 1.33 bits per heavy atom. The van der Waals surface area contributed by atoms with Gasteiger partial charge in [0.2, 0.25) is 0 Å². The van der Waals surface area contributed by atoms with E-state index in [0.29, 0.717) is 6.04 Å². The first-order chi connectivity index (χ1) is 8.79. The summed E-state index contributed by atoms with van der Waals surface area (Å²) in [7, 11) is 0. The van der Waals surface area contributed by atoms with E-state index in [4.69, 9.17) is 9.47 Å². The highest BCUT2D eigenvalue weighted by molar-refractivity contribution is 5.55. The molecule has 0 amide bonds. The van der Waals surface area contributed by atoms with Gasteiger partial charge in [-0.2, -0.15) is 0 Å². The standard InChI is InChI=1S/C15H21NO2/c1-3-4-6-12(2)16-13-7-8-14-15(11-13)18-10-5-9-17-14/h3,7-8,11-12,16H,1,4-6,9-10H2,2H3. The van der Waals surface area contributed by atoms with Gasteiger partial charge in [-0.25, -0.2) is 0 Å². The summed E-state index contributed by atoms with van der Waals surface area (Å²) < 4.78 is 11.3. The van der Waals surface area contributed by atoms with Crippen LogP contribution in [0, 0.1) is 0 Å². The average Bonchev–Trinajstić information content (AvgIpc) is 2.61. The summed E-state index contributed by atoms with van der Waals surface area (Å²) in [6.07, 6.45) is 5.00. The molecule has 3 nitrogen and oxygen atoms in total. The maximum absolute atomic E-state index is 5.67. The van der Waals surface area contributed by atoms with Crippen LogP contribution in [0.5, 0.6) is 11.5 Å². The fourth-order valence-electron chi connectivity index (χ4n) is 1.98. The highest BCUT2D eigenvalue weighted by atomic mass is 16.5. The third-order valence-corrected chi connectivity index (χ3v) is 2.96. The van der Waals surface area contributed by atoms with Crippen molar-refractivity contribution in [1.82, 2.24) is 0 Å². The maximum Gasteiger partial charge on any atom is 0.163 e. The molecule has 0 saturated carbocycles. The van der Waals surface area contributed by atoms with Crippen molar-refractivity contribution in [2.24, 2.45) is 0 Å². The minimum absolute atomic E-state index is 0.424. The van der Waals surface area contributed by atoms with E-state index in [9.17, 15) is 0 Å². The number of hydrogen-bond donors (Lipinski definition) is 1. The third-order valence-electron chi connectivity index (χ3n) is 2.96. The summed E-state index contributed by atoms with van der Waals surface area (Å²) >= 11 is 0. The van der Waals surface area contributed by atoms with Crippen molar-refractivity contribution in [3.63, 3.8) is 0 Å². The van der Waals surface area contributed by atoms with Gasteiger partial charge in [0.25, 0.3) is 0 Å². The Morgan fingerprint density at radius 2 is 2.11 bits per heavy atom. The van der Waals surface area contributed by atoms with Gasteiger partial charge in [-0.3, -0.25) is 0 Å². The van der Waals surface area contributed by atoms with Crippen LogP contribution in [0.15, 0.2) is 30.9 Å². The van der Waals surface area contributed by atoms with E-state index in [0.717, 1.165) is 49.7 Å². The zero-order chi connectivity index (χ0) is 12.8. The maximum atomic E-state index is 5.67. The Hall–Kier alpha value is -1.64. The minimum Gasteiger partial charge on any atom is -0.490 e. The minimum atomic E-state index is 0.424. The molecule has 0 aliphatic carbocycles. The Kier molecular flexibility index (Phi) is 4.51. The van der Waals surface area contributed by atoms with Crippen molar-refractivity contribution in [3.8, 4) is 11.5 Å². The smallest absolute Gasteiger partial charge is 0.163 e. The van der Waals surface area contributed by atoms with Crippen LogP contribution in [-0.4, -0.2) is 19.3 Å². The molecule has 1 aliphatic rings. The molecule has 98 valence electrons. The highest BCUT2D eigenvalue weighted by Crippen LogP contribution is 2.32. The van der Waals surface area contributed by atoms with Gasteiger partial charge in [0.05, 0.1) is 13.2 Å². The second kappa shape index (κ2) is 6.34. The summed E-state index contributed by atoms with van der Waals surface area (Å²) in [6, 6.07) is 6.46. The van der Waals surface area contributed by atoms with Crippen molar-refractivity contribution in [1.29, 1.82) is 0 Å². The van der Waals surface area contributed by atoms with Crippen LogP contribution in [0.4, 0.5) is 5.69 Å². The zero-order valence-corrected chi connectivity index (χ0v) is 10.9. The number of ether oxygens (including phenoxy) is 2. The fourth-order valence-corrected chi connectivity index (χ4v) is 1.98. The molecule has 0 bridgehead atoms. The van der Waals surface area contributed by atoms with Crippen LogP contribution in [0.1, 0.15) is 26.2 Å². The molecule has 0 aromatic heterocycles. The lowest BCUT2D eigenvalue weighted by atomic mass is 10.1. The number of nitrogens with one attached hydrogen (secondary N) is 1. The van der Waals surface area contributed by atoms with E-state index in [1.807, 2.05) is 24.3 Å². The quantitative estimate of drug-likeness (QED) is 0.806. The largest absolute Gasteiger partial charge is 0.490 e. The molecule has 2 rings (SSSR count). The van der Waals surface area contributed by atoms with Crippen molar-refractivity contribution >= 4 is 5.69 Å². The van der Waals surface area contributed by atoms with Crippen LogP contribution in [0.2, 0.25) is 0 Å². The number of rotatable bonds is 5. The molecule has 18 heavy (non-hydrogen) atoms. The summed E-state index contributed by atoms with van der Waals surface area (Å²) in [4.78, 5) is 0. The van der Waals surface area contributed by atoms with Gasteiger partial charge in [-0.15, -0.1) is 6.58 Å². The second-order valence-electron chi connectivity index (χ2n) is 4.62. The first-order valence-electron chi connectivity index (χ1n) is 6.56. The first-order valence-corrected chi connectivity index (χ1v) is 6.56. The molecule has 0 radical (unpaired) electrons. The Balaban J connectivity index is 2.01. The van der Waals surface area contributed by atoms with Gasteiger partial charge in [-0.1, -0.05) is 6.08 Å². The first kappa shape index (κ1) is 12.8. The molecule has 1 aromatic rings. The van der Waals surface area contributed by atoms with E-state index in [1.165, 1.54) is 0 Å². The van der Waals surface area contributed by atoms with Gasteiger partial charge in [0, 0.05) is 24.2 Å². The van der Waals surface area contributed by atoms with E-state index < -0.39 is 0 Å². The lowest BCUT2D eigenvalue weighted by Gasteiger charge is -2.16. The number of allylic oxidation sites excluding steroid dienone is 1. The summed E-state index contributed by atoms with van der Waals surface area (Å²) in [5.74, 6) is 1.69. The van der Waals surface area contributed by atoms with Crippen LogP contribution >= 0.6 is 0 Å². The SMILES string of the molecule is C=CCCC(C)Nc1ccc2c(c1)OCCCO2. The number of fused-ring (bicyclic) bond motifs is 1. The molecule has 1 aliphatic heterocycles. The monoisotopic (exact) mass is 247 g/mol. The zero-order valence-electron chi connectivity index (χ0n) is 10.9. The third kappa shape index (κ3) is 3.42. The van der Waals surface area contributed by atoms with Gasteiger partial charge in [0.1, 0.15) is 0 Å². The van der Waals surface area contributed by atoms with Crippen molar-refractivity contribution in [3.05, 3.63) is 30.9 Å². The van der Waals surface area contributed by atoms with Gasteiger partial charge in [0.15, 0.2) is 11.5 Å². The molecule has 3 heteroatoms. The van der Waals surface area contributed by atoms with E-state index in [-0.39, 0.29) is 0 Å². The average molecular weight is 247 g/mol. The molecule has 0 saturated heterocycles. The Bertz CT molecular complexity index is 403. The van der Waals surface area contributed by atoms with Crippen molar-refractivity contribution < 1.29 is 9.47 Å². The van der Waals surface area contributed by atoms with E-state index in [1.54, 1.807) is 0 Å². The topological polar surface area (TPSA) is 30.5 Å². The summed E-state index contributed by atoms with van der Waals surface area (Å²) in [6.45, 7) is 7.37. The predicted molar refractivity (Wildman–Crippen MR) is 74.6 cm³/mol. The lowest BCUT2D eigenvalue weighted by Crippen LogP contribution is -2.14. The van der Waals surface area contributed by atoms with Crippen LogP contribution in [0.3, 0.4) is 0 Å². The Labute approximate surface area is 109 Å². The highest BCUT2D eigenvalue weighted by Gasteiger charge is 2.11. The van der Waals surface area contributed by atoms with Gasteiger partial charge >= 0.3 is 0 Å². The molecule has 1 heterocycles. The van der Waals surface area contributed by atoms with Crippen LogP contribution in [-0.2, 0) is 0 Å². The lowest BCUT2D eigenvalue weighted by molar-refractivity contribution is 0.297. The fraction of sp³-hybridized carbons (Fsp3) is 0.467. The number of benzene rings is 1. The van der Waals surface area contributed by atoms with Crippen molar-refractivity contribution in [2.75, 3.05) is 18.5 Å². The molecule has 0 fully saturated rings. The molecule has 1 aromatic carbocycles. The second-order valence-corrected chi connectivity index (χ2v) is 4.62. The van der Waals surface area contributed by atoms with E-state index >= 15 is 0 Å². The molecule has 1 unspecified atom stereocenters. The predicted octanol–water partition coefficient (Wildman–Crippen LogP) is 3.61. The Morgan fingerprint density at radius 3 is 2.89 bits per heavy atom. The van der Waals surface area contributed by atoms with E-state index in [2.05, 4.69) is 18.8 Å². The molecular formula is C15H21NO2. The summed E-state index contributed by atoms with van der Waals surface area (Å²) in [5.41, 5.74) is 1.08. The number of hydrogen-bond acceptors (Lipinski definition) is 3. The van der Waals surface area contributed by atoms with Crippen LogP contribution in [0.25, 0.3) is 0 Å². The molecule has 0 spiro atoms. The molecule has 1 atom stereocenters. The molecule has 1 N–H and O–H groups in total. The number of anilines is 1. The van der Waals surface area contributed by atoms with Gasteiger partial charge in [-0.05, 0) is 31.9 Å². The normalized spacial score (nSPS) is 15.6. The van der Waals surface area contributed by atoms with Crippen LogP contribution < -0.4 is 14.8 Å². The van der Waals surface area contributed by atoms with Crippen molar-refractivity contribution in [2.45, 2.75) is 32.2 Å². The summed E-state index contributed by atoms with van der Waals surface area (Å²) in [5, 5.41) is 3.46. The van der Waals surface area contributed by atoms with Gasteiger partial charge < -0.3 is 14.8 Å². The molecular weight excluding hydrogens is 226 g/mol.